The third-order valence-electron chi connectivity index (χ3n) is 2.93. The summed E-state index contributed by atoms with van der Waals surface area (Å²) in [6.45, 7) is 4.17. The summed E-state index contributed by atoms with van der Waals surface area (Å²) in [5, 5.41) is 0. The van der Waals surface area contributed by atoms with Crippen molar-refractivity contribution in [2.75, 3.05) is 28.4 Å². The van der Waals surface area contributed by atoms with Gasteiger partial charge < -0.3 is 4.90 Å². The Kier molecular flexibility index (Phi) is 3.40. The van der Waals surface area contributed by atoms with Gasteiger partial charge in [0, 0.05) is 24.3 Å². The lowest BCUT2D eigenvalue weighted by Gasteiger charge is -2.34. The Labute approximate surface area is 106 Å². The third kappa shape index (κ3) is 2.70. The van der Waals surface area contributed by atoms with E-state index in [4.69, 9.17) is 5.84 Å². The predicted molar refractivity (Wildman–Crippen MR) is 70.0 cm³/mol. The highest BCUT2D eigenvalue weighted by Crippen LogP contribution is 2.21. The van der Waals surface area contributed by atoms with E-state index in [9.17, 15) is 8.42 Å². The van der Waals surface area contributed by atoms with Crippen LogP contribution < -0.4 is 16.2 Å². The average molecular weight is 271 g/mol. The second-order valence-corrected chi connectivity index (χ2v) is 6.72. The molecule has 2 rings (SSSR count). The number of nitrogens with zero attached hydrogens (tertiary/aromatic N) is 3. The van der Waals surface area contributed by atoms with Gasteiger partial charge in [0.2, 0.25) is 5.95 Å². The van der Waals surface area contributed by atoms with E-state index in [1.54, 1.807) is 0 Å². The first-order chi connectivity index (χ1) is 8.41. The van der Waals surface area contributed by atoms with Gasteiger partial charge in [-0.1, -0.05) is 0 Å². The smallest absolute Gasteiger partial charge is 0.239 e. The Morgan fingerprint density at radius 1 is 1.50 bits per heavy atom. The number of nitrogen functional groups attached to an aromatic ring is 1. The van der Waals surface area contributed by atoms with Crippen LogP contribution in [0.15, 0.2) is 6.07 Å². The molecule has 0 amide bonds. The van der Waals surface area contributed by atoms with Crippen molar-refractivity contribution in [3.05, 3.63) is 11.8 Å². The summed E-state index contributed by atoms with van der Waals surface area (Å²) in [6, 6.07) is 1.73. The molecule has 1 aliphatic heterocycles. The van der Waals surface area contributed by atoms with E-state index >= 15 is 0 Å². The first kappa shape index (κ1) is 13.0. The number of anilines is 2. The molecule has 2 heterocycles. The molecular weight excluding hydrogens is 254 g/mol. The van der Waals surface area contributed by atoms with Gasteiger partial charge in [0.05, 0.1) is 11.5 Å². The van der Waals surface area contributed by atoms with Crippen LogP contribution in [-0.2, 0) is 9.84 Å². The maximum absolute atomic E-state index is 11.5. The van der Waals surface area contributed by atoms with Crippen LogP contribution in [0.25, 0.3) is 0 Å². The van der Waals surface area contributed by atoms with Crippen molar-refractivity contribution in [1.29, 1.82) is 0 Å². The van der Waals surface area contributed by atoms with Crippen molar-refractivity contribution in [3.8, 4) is 0 Å². The van der Waals surface area contributed by atoms with Gasteiger partial charge in [-0.25, -0.2) is 19.2 Å². The average Bonchev–Trinajstić information content (AvgIpc) is 2.26. The fraction of sp³-hybridized carbons (Fsp3) is 0.600. The summed E-state index contributed by atoms with van der Waals surface area (Å²) in [4.78, 5) is 10.3. The Bertz CT molecular complexity index is 545. The fourth-order valence-electron chi connectivity index (χ4n) is 2.10. The Balaban J connectivity index is 2.29. The van der Waals surface area contributed by atoms with Gasteiger partial charge >= 0.3 is 0 Å². The lowest BCUT2D eigenvalue weighted by atomic mass is 10.3. The number of aromatic nitrogens is 2. The van der Waals surface area contributed by atoms with E-state index in [-0.39, 0.29) is 17.5 Å². The molecule has 0 spiro atoms. The number of hydrazine groups is 1. The molecule has 1 saturated heterocycles. The minimum Gasteiger partial charge on any atom is -0.352 e. The summed E-state index contributed by atoms with van der Waals surface area (Å²) in [6.07, 6.45) is 0. The molecule has 8 heteroatoms. The summed E-state index contributed by atoms with van der Waals surface area (Å²) in [5.74, 6) is 6.66. The zero-order valence-corrected chi connectivity index (χ0v) is 11.2. The number of sulfone groups is 1. The van der Waals surface area contributed by atoms with Crippen LogP contribution in [0.5, 0.6) is 0 Å². The molecule has 18 heavy (non-hydrogen) atoms. The molecule has 0 aliphatic carbocycles. The van der Waals surface area contributed by atoms with Crippen molar-refractivity contribution in [3.63, 3.8) is 0 Å². The van der Waals surface area contributed by atoms with Gasteiger partial charge in [0.25, 0.3) is 0 Å². The quantitative estimate of drug-likeness (QED) is 0.562. The van der Waals surface area contributed by atoms with Crippen LogP contribution in [0.1, 0.15) is 12.6 Å². The first-order valence-corrected chi connectivity index (χ1v) is 7.53. The molecule has 1 fully saturated rings. The molecule has 1 unspecified atom stereocenters. The van der Waals surface area contributed by atoms with Gasteiger partial charge in [-0.2, -0.15) is 4.98 Å². The number of hydrogen-bond acceptors (Lipinski definition) is 7. The highest BCUT2D eigenvalue weighted by Gasteiger charge is 2.29. The molecule has 3 N–H and O–H groups in total. The third-order valence-corrected chi connectivity index (χ3v) is 4.73. The highest BCUT2D eigenvalue weighted by molar-refractivity contribution is 7.91. The van der Waals surface area contributed by atoms with Gasteiger partial charge in [0.1, 0.15) is 5.82 Å². The summed E-state index contributed by atoms with van der Waals surface area (Å²) >= 11 is 0. The normalized spacial score (nSPS) is 22.8. The van der Waals surface area contributed by atoms with Crippen molar-refractivity contribution < 1.29 is 8.42 Å². The predicted octanol–water partition coefficient (Wildman–Crippen LogP) is -0.306. The van der Waals surface area contributed by atoms with Gasteiger partial charge in [-0.05, 0) is 13.8 Å². The lowest BCUT2D eigenvalue weighted by Crippen LogP contribution is -2.47. The van der Waals surface area contributed by atoms with Crippen LogP contribution in [0.3, 0.4) is 0 Å². The van der Waals surface area contributed by atoms with Gasteiger partial charge in [-0.3, -0.25) is 5.43 Å². The minimum atomic E-state index is -2.92. The molecular formula is C10H17N5O2S. The first-order valence-electron chi connectivity index (χ1n) is 5.70. The van der Waals surface area contributed by atoms with Crippen LogP contribution in [-0.4, -0.2) is 42.5 Å². The zero-order valence-electron chi connectivity index (χ0n) is 10.4. The molecule has 0 saturated carbocycles. The van der Waals surface area contributed by atoms with E-state index in [2.05, 4.69) is 15.4 Å². The Morgan fingerprint density at radius 3 is 2.83 bits per heavy atom. The number of aryl methyl sites for hydroxylation is 1. The van der Waals surface area contributed by atoms with Crippen LogP contribution in [0.4, 0.5) is 11.8 Å². The SMILES string of the molecule is Cc1cc(N2CCS(=O)(=O)CC2C)nc(NN)n1. The summed E-state index contributed by atoms with van der Waals surface area (Å²) < 4.78 is 23.1. The highest BCUT2D eigenvalue weighted by atomic mass is 32.2. The molecule has 0 aromatic carbocycles. The number of nitrogens with one attached hydrogen (secondary N) is 1. The van der Waals surface area contributed by atoms with Crippen molar-refractivity contribution >= 4 is 21.6 Å². The number of nitrogens with two attached hydrogens (primary N) is 1. The standard InChI is InChI=1S/C10H17N5O2S/c1-7-5-9(13-10(12-7)14-11)15-3-4-18(16,17)6-8(15)2/h5,8H,3-4,6,11H2,1-2H3,(H,12,13,14). The van der Waals surface area contributed by atoms with Gasteiger partial charge in [-0.15, -0.1) is 0 Å². The van der Waals surface area contributed by atoms with Gasteiger partial charge in [0.15, 0.2) is 9.84 Å². The van der Waals surface area contributed by atoms with E-state index in [1.807, 2.05) is 24.8 Å². The Morgan fingerprint density at radius 2 is 2.22 bits per heavy atom. The maximum Gasteiger partial charge on any atom is 0.239 e. The van der Waals surface area contributed by atoms with Crippen molar-refractivity contribution in [2.45, 2.75) is 19.9 Å². The minimum absolute atomic E-state index is 0.0938. The maximum atomic E-state index is 11.5. The molecule has 1 aromatic rings. The molecule has 1 atom stereocenters. The Hall–Kier alpha value is -1.41. The molecule has 0 bridgehead atoms. The van der Waals surface area contributed by atoms with Crippen LogP contribution >= 0.6 is 0 Å². The van der Waals surface area contributed by atoms with E-state index < -0.39 is 9.84 Å². The number of hydrogen-bond donors (Lipinski definition) is 2. The monoisotopic (exact) mass is 271 g/mol. The van der Waals surface area contributed by atoms with E-state index in [0.29, 0.717) is 18.3 Å². The molecule has 1 aromatic heterocycles. The molecule has 0 radical (unpaired) electrons. The van der Waals surface area contributed by atoms with Crippen molar-refractivity contribution in [2.24, 2.45) is 5.84 Å². The summed E-state index contributed by atoms with van der Waals surface area (Å²) in [5.41, 5.74) is 3.20. The largest absolute Gasteiger partial charge is 0.352 e. The summed E-state index contributed by atoms with van der Waals surface area (Å²) in [7, 11) is -2.92. The van der Waals surface area contributed by atoms with Crippen LogP contribution in [0.2, 0.25) is 0 Å². The second-order valence-electron chi connectivity index (χ2n) is 4.49. The van der Waals surface area contributed by atoms with E-state index in [0.717, 1.165) is 5.69 Å². The fourth-order valence-corrected chi connectivity index (χ4v) is 3.66. The van der Waals surface area contributed by atoms with E-state index in [1.165, 1.54) is 0 Å². The lowest BCUT2D eigenvalue weighted by molar-refractivity contribution is 0.566. The zero-order chi connectivity index (χ0) is 13.3. The molecule has 7 nitrogen and oxygen atoms in total. The van der Waals surface area contributed by atoms with Crippen molar-refractivity contribution in [1.82, 2.24) is 9.97 Å². The molecule has 100 valence electrons. The topological polar surface area (TPSA) is 101 Å². The second kappa shape index (κ2) is 4.69. The molecule has 1 aliphatic rings. The van der Waals surface area contributed by atoms with Crippen LogP contribution in [0, 0.1) is 6.92 Å². The number of rotatable bonds is 2.